The molecule has 1 saturated heterocycles. The van der Waals surface area contributed by atoms with Gasteiger partial charge in [0.2, 0.25) is 0 Å². The minimum atomic E-state index is -0.477. The molecule has 2 N–H and O–H groups in total. The summed E-state index contributed by atoms with van der Waals surface area (Å²) >= 11 is 0. The third-order valence-corrected chi connectivity index (χ3v) is 3.00. The Kier molecular flexibility index (Phi) is 4.73. The molecular weight excluding hydrogens is 232 g/mol. The molecule has 0 bridgehead atoms. The standard InChI is InChI=1S/C13H24N2O3/c1-9(14)11(16)10-5-7-15(8-6-10)12(17)18-13(2,3)4/h9-10H,5-8,14H2,1-4H3. The third kappa shape index (κ3) is 4.29. The highest BCUT2D eigenvalue weighted by molar-refractivity contribution is 5.86. The molecule has 1 heterocycles. The summed E-state index contributed by atoms with van der Waals surface area (Å²) in [6.07, 6.45) is 1.06. The Balaban J connectivity index is 2.44. The second-order valence-corrected chi connectivity index (χ2v) is 5.93. The zero-order valence-corrected chi connectivity index (χ0v) is 11.7. The van der Waals surface area contributed by atoms with Crippen LogP contribution in [0.5, 0.6) is 0 Å². The number of Topliss-reactive ketones (excluding diaryl/α,β-unsaturated/α-hetero) is 1. The average Bonchev–Trinajstić information content (AvgIpc) is 2.26. The van der Waals surface area contributed by atoms with Crippen LogP contribution in [0.15, 0.2) is 0 Å². The first-order valence-corrected chi connectivity index (χ1v) is 6.48. The van der Waals surface area contributed by atoms with Crippen molar-refractivity contribution in [3.63, 3.8) is 0 Å². The number of ketones is 1. The lowest BCUT2D eigenvalue weighted by Gasteiger charge is -2.33. The summed E-state index contributed by atoms with van der Waals surface area (Å²) in [5, 5.41) is 0. The van der Waals surface area contributed by atoms with E-state index in [-0.39, 0.29) is 17.8 Å². The molecule has 0 aromatic rings. The molecule has 1 amide bonds. The smallest absolute Gasteiger partial charge is 0.410 e. The SMILES string of the molecule is CC(N)C(=O)C1CCN(C(=O)OC(C)(C)C)CC1. The lowest BCUT2D eigenvalue weighted by molar-refractivity contribution is -0.125. The molecule has 18 heavy (non-hydrogen) atoms. The Morgan fingerprint density at radius 2 is 1.78 bits per heavy atom. The van der Waals surface area contributed by atoms with E-state index >= 15 is 0 Å². The molecule has 1 rings (SSSR count). The molecular formula is C13H24N2O3. The van der Waals surface area contributed by atoms with E-state index in [1.54, 1.807) is 11.8 Å². The molecule has 0 aromatic carbocycles. The van der Waals surface area contributed by atoms with Crippen LogP contribution in [0.2, 0.25) is 0 Å². The van der Waals surface area contributed by atoms with Crippen molar-refractivity contribution in [2.24, 2.45) is 11.7 Å². The fourth-order valence-corrected chi connectivity index (χ4v) is 2.04. The van der Waals surface area contributed by atoms with Crippen molar-refractivity contribution in [1.29, 1.82) is 0 Å². The largest absolute Gasteiger partial charge is 0.444 e. The number of likely N-dealkylation sites (tertiary alicyclic amines) is 1. The number of hydrogen-bond donors (Lipinski definition) is 1. The van der Waals surface area contributed by atoms with E-state index in [4.69, 9.17) is 10.5 Å². The summed E-state index contributed by atoms with van der Waals surface area (Å²) in [7, 11) is 0. The van der Waals surface area contributed by atoms with Crippen LogP contribution in [0.1, 0.15) is 40.5 Å². The second-order valence-electron chi connectivity index (χ2n) is 5.93. The fourth-order valence-electron chi connectivity index (χ4n) is 2.04. The van der Waals surface area contributed by atoms with Crippen molar-refractivity contribution in [2.45, 2.75) is 52.2 Å². The number of amides is 1. The van der Waals surface area contributed by atoms with Crippen LogP contribution in [0, 0.1) is 5.92 Å². The van der Waals surface area contributed by atoms with Crippen LogP contribution in [0.4, 0.5) is 4.79 Å². The number of nitrogens with two attached hydrogens (primary N) is 1. The van der Waals surface area contributed by atoms with Gasteiger partial charge in [-0.1, -0.05) is 0 Å². The zero-order chi connectivity index (χ0) is 13.9. The van der Waals surface area contributed by atoms with Crippen molar-refractivity contribution >= 4 is 11.9 Å². The lowest BCUT2D eigenvalue weighted by Crippen LogP contribution is -2.45. The van der Waals surface area contributed by atoms with Crippen LogP contribution < -0.4 is 5.73 Å². The van der Waals surface area contributed by atoms with Gasteiger partial charge in [0, 0.05) is 19.0 Å². The van der Waals surface area contributed by atoms with Gasteiger partial charge in [-0.2, -0.15) is 0 Å². The summed E-state index contributed by atoms with van der Waals surface area (Å²) < 4.78 is 5.30. The number of hydrogen-bond acceptors (Lipinski definition) is 4. The van der Waals surface area contributed by atoms with E-state index in [1.807, 2.05) is 20.8 Å². The monoisotopic (exact) mass is 256 g/mol. The van der Waals surface area contributed by atoms with E-state index in [0.717, 1.165) is 0 Å². The second kappa shape index (κ2) is 5.69. The van der Waals surface area contributed by atoms with Crippen molar-refractivity contribution in [3.05, 3.63) is 0 Å². The van der Waals surface area contributed by atoms with Crippen LogP contribution >= 0.6 is 0 Å². The molecule has 1 unspecified atom stereocenters. The van der Waals surface area contributed by atoms with Crippen molar-refractivity contribution < 1.29 is 14.3 Å². The van der Waals surface area contributed by atoms with Gasteiger partial charge in [-0.25, -0.2) is 4.79 Å². The van der Waals surface area contributed by atoms with Crippen molar-refractivity contribution in [2.75, 3.05) is 13.1 Å². The van der Waals surface area contributed by atoms with E-state index in [1.165, 1.54) is 0 Å². The van der Waals surface area contributed by atoms with Gasteiger partial charge in [-0.15, -0.1) is 0 Å². The minimum Gasteiger partial charge on any atom is -0.444 e. The summed E-state index contributed by atoms with van der Waals surface area (Å²) in [6.45, 7) is 8.38. The molecule has 104 valence electrons. The average molecular weight is 256 g/mol. The Labute approximate surface area is 109 Å². The molecule has 0 aromatic heterocycles. The van der Waals surface area contributed by atoms with Crippen molar-refractivity contribution in [3.8, 4) is 0 Å². The fraction of sp³-hybridized carbons (Fsp3) is 0.846. The Hall–Kier alpha value is -1.10. The lowest BCUT2D eigenvalue weighted by atomic mass is 9.90. The summed E-state index contributed by atoms with van der Waals surface area (Å²) in [5.74, 6) is 0.0857. The van der Waals surface area contributed by atoms with Gasteiger partial charge in [-0.05, 0) is 40.5 Å². The molecule has 1 fully saturated rings. The topological polar surface area (TPSA) is 72.6 Å². The van der Waals surface area contributed by atoms with E-state index < -0.39 is 11.6 Å². The quantitative estimate of drug-likeness (QED) is 0.813. The maximum Gasteiger partial charge on any atom is 0.410 e. The van der Waals surface area contributed by atoms with Crippen LogP contribution in [0.25, 0.3) is 0 Å². The van der Waals surface area contributed by atoms with Gasteiger partial charge >= 0.3 is 6.09 Å². The number of piperidine rings is 1. The Bertz CT molecular complexity index is 313. The van der Waals surface area contributed by atoms with Gasteiger partial charge in [0.1, 0.15) is 5.60 Å². The molecule has 0 spiro atoms. The van der Waals surface area contributed by atoms with Crippen LogP contribution in [-0.4, -0.2) is 41.5 Å². The van der Waals surface area contributed by atoms with E-state index in [9.17, 15) is 9.59 Å². The molecule has 0 saturated carbocycles. The van der Waals surface area contributed by atoms with E-state index in [0.29, 0.717) is 25.9 Å². The first kappa shape index (κ1) is 15.0. The summed E-state index contributed by atoms with van der Waals surface area (Å²) in [6, 6.07) is -0.414. The molecule has 5 heteroatoms. The molecule has 1 aliphatic rings. The van der Waals surface area contributed by atoms with Crippen molar-refractivity contribution in [1.82, 2.24) is 4.90 Å². The Morgan fingerprint density at radius 1 is 1.28 bits per heavy atom. The highest BCUT2D eigenvalue weighted by Crippen LogP contribution is 2.21. The summed E-state index contributed by atoms with van der Waals surface area (Å²) in [4.78, 5) is 25.2. The van der Waals surface area contributed by atoms with Gasteiger partial charge in [-0.3, -0.25) is 4.79 Å². The number of rotatable bonds is 2. The summed E-state index contributed by atoms with van der Waals surface area (Å²) in [5.41, 5.74) is 5.11. The highest BCUT2D eigenvalue weighted by atomic mass is 16.6. The highest BCUT2D eigenvalue weighted by Gasteiger charge is 2.30. The van der Waals surface area contributed by atoms with Gasteiger partial charge in [0.15, 0.2) is 5.78 Å². The molecule has 0 aliphatic carbocycles. The maximum absolute atomic E-state index is 11.8. The molecule has 1 aliphatic heterocycles. The molecule has 1 atom stereocenters. The number of nitrogens with zero attached hydrogens (tertiary/aromatic N) is 1. The van der Waals surface area contributed by atoms with E-state index in [2.05, 4.69) is 0 Å². The third-order valence-electron chi connectivity index (χ3n) is 3.00. The van der Waals surface area contributed by atoms with Crippen LogP contribution in [0.3, 0.4) is 0 Å². The first-order valence-electron chi connectivity index (χ1n) is 6.48. The van der Waals surface area contributed by atoms with Gasteiger partial charge in [0.25, 0.3) is 0 Å². The molecule has 0 radical (unpaired) electrons. The first-order chi connectivity index (χ1) is 8.20. The molecule has 5 nitrogen and oxygen atoms in total. The number of carbonyl (C=O) groups is 2. The predicted octanol–water partition coefficient (Wildman–Crippen LogP) is 1.55. The normalized spacial score (nSPS) is 19.5. The predicted molar refractivity (Wildman–Crippen MR) is 69.2 cm³/mol. The number of carbonyl (C=O) groups excluding carboxylic acids is 2. The van der Waals surface area contributed by atoms with Gasteiger partial charge in [0.05, 0.1) is 6.04 Å². The van der Waals surface area contributed by atoms with Crippen LogP contribution in [-0.2, 0) is 9.53 Å². The number of ether oxygens (including phenoxy) is 1. The Morgan fingerprint density at radius 3 is 2.17 bits per heavy atom. The zero-order valence-electron chi connectivity index (χ0n) is 11.7. The minimum absolute atomic E-state index is 0.0105. The van der Waals surface area contributed by atoms with Gasteiger partial charge < -0.3 is 15.4 Å². The maximum atomic E-state index is 11.8.